The van der Waals surface area contributed by atoms with E-state index < -0.39 is 11.2 Å². The number of hydrogen-bond donors (Lipinski definition) is 3. The van der Waals surface area contributed by atoms with Crippen LogP contribution < -0.4 is 21.9 Å². The first-order valence-electron chi connectivity index (χ1n) is 9.97. The second-order valence-corrected chi connectivity index (χ2v) is 8.23. The molecular weight excluding hydrogens is 429 g/mol. The van der Waals surface area contributed by atoms with E-state index in [1.807, 2.05) is 27.7 Å². The summed E-state index contributed by atoms with van der Waals surface area (Å²) in [5.74, 6) is -0.0701. The molecule has 1 aliphatic heterocycles. The standard InChI is InChI=1S/C20H29N5O3.2ClH/c1-11(2)10-25-17-16(19(27)24-20(25)28)14(8-15(23-17)12(3)4)18(26)22-13-6-5-7-21-9-13;;/h8,11-13,21H,5-7,9-10H2,1-4H3,(H,22,26)(H,24,27,28);2*1H/t13-;;/m0../s1. The molecule has 0 spiro atoms. The molecule has 10 heteroatoms. The molecule has 2 aromatic rings. The average Bonchev–Trinajstić information content (AvgIpc) is 2.64. The Kier molecular flexibility index (Phi) is 9.52. The zero-order chi connectivity index (χ0) is 20.4. The van der Waals surface area contributed by atoms with Gasteiger partial charge in [0, 0.05) is 24.8 Å². The smallest absolute Gasteiger partial charge is 0.330 e. The molecule has 168 valence electrons. The van der Waals surface area contributed by atoms with Crippen molar-refractivity contribution in [3.63, 3.8) is 0 Å². The zero-order valence-electron chi connectivity index (χ0n) is 17.8. The monoisotopic (exact) mass is 459 g/mol. The predicted octanol–water partition coefficient (Wildman–Crippen LogP) is 2.19. The van der Waals surface area contributed by atoms with Crippen molar-refractivity contribution in [2.24, 2.45) is 5.92 Å². The Morgan fingerprint density at radius 2 is 1.97 bits per heavy atom. The van der Waals surface area contributed by atoms with Crippen molar-refractivity contribution in [3.05, 3.63) is 38.2 Å². The van der Waals surface area contributed by atoms with E-state index in [0.717, 1.165) is 19.4 Å². The van der Waals surface area contributed by atoms with Gasteiger partial charge in [-0.15, -0.1) is 24.8 Å². The van der Waals surface area contributed by atoms with Crippen LogP contribution in [0.1, 0.15) is 62.5 Å². The molecule has 3 heterocycles. The van der Waals surface area contributed by atoms with Crippen molar-refractivity contribution in [3.8, 4) is 0 Å². The summed E-state index contributed by atoms with van der Waals surface area (Å²) < 4.78 is 1.46. The van der Waals surface area contributed by atoms with Gasteiger partial charge in [-0.25, -0.2) is 9.78 Å². The summed E-state index contributed by atoms with van der Waals surface area (Å²) in [6.07, 6.45) is 1.89. The van der Waals surface area contributed by atoms with Gasteiger partial charge >= 0.3 is 5.69 Å². The number of pyridine rings is 1. The molecule has 0 radical (unpaired) electrons. The Labute approximate surface area is 188 Å². The van der Waals surface area contributed by atoms with E-state index in [1.54, 1.807) is 6.07 Å². The van der Waals surface area contributed by atoms with Gasteiger partial charge in [0.15, 0.2) is 5.65 Å². The molecule has 0 bridgehead atoms. The second-order valence-electron chi connectivity index (χ2n) is 8.23. The Morgan fingerprint density at radius 3 is 2.53 bits per heavy atom. The lowest BCUT2D eigenvalue weighted by Gasteiger charge is -2.24. The lowest BCUT2D eigenvalue weighted by atomic mass is 10.0. The normalized spacial score (nSPS) is 16.3. The number of nitrogens with zero attached hydrogens (tertiary/aromatic N) is 2. The van der Waals surface area contributed by atoms with Crippen molar-refractivity contribution in [2.75, 3.05) is 13.1 Å². The van der Waals surface area contributed by atoms with Gasteiger partial charge in [0.05, 0.1) is 10.9 Å². The fourth-order valence-corrected chi connectivity index (χ4v) is 3.54. The molecule has 3 rings (SSSR count). The number of halogens is 2. The van der Waals surface area contributed by atoms with E-state index in [1.165, 1.54) is 4.57 Å². The number of carbonyl (C=O) groups excluding carboxylic acids is 1. The topological polar surface area (TPSA) is 109 Å². The first-order valence-corrected chi connectivity index (χ1v) is 9.97. The van der Waals surface area contributed by atoms with E-state index in [-0.39, 0.29) is 65.2 Å². The van der Waals surface area contributed by atoms with Crippen LogP contribution >= 0.6 is 24.8 Å². The Bertz CT molecular complexity index is 994. The molecule has 3 N–H and O–H groups in total. The van der Waals surface area contributed by atoms with E-state index in [9.17, 15) is 14.4 Å². The highest BCUT2D eigenvalue weighted by Gasteiger charge is 2.23. The van der Waals surface area contributed by atoms with Crippen LogP contribution in [0, 0.1) is 5.92 Å². The number of fused-ring (bicyclic) bond motifs is 1. The summed E-state index contributed by atoms with van der Waals surface area (Å²) in [7, 11) is 0. The molecule has 1 amide bonds. The molecular formula is C20H31Cl2N5O3. The van der Waals surface area contributed by atoms with Crippen molar-refractivity contribution in [1.82, 2.24) is 25.2 Å². The lowest BCUT2D eigenvalue weighted by molar-refractivity contribution is 0.0932. The van der Waals surface area contributed by atoms with Crippen LogP contribution in [-0.4, -0.2) is 39.6 Å². The third-order valence-electron chi connectivity index (χ3n) is 4.98. The van der Waals surface area contributed by atoms with Gasteiger partial charge in [0.1, 0.15) is 0 Å². The number of hydrogen-bond acceptors (Lipinski definition) is 5. The summed E-state index contributed by atoms with van der Waals surface area (Å²) >= 11 is 0. The summed E-state index contributed by atoms with van der Waals surface area (Å²) in [4.78, 5) is 45.1. The summed E-state index contributed by atoms with van der Waals surface area (Å²) in [6, 6.07) is 1.70. The second kappa shape index (κ2) is 10.9. The minimum Gasteiger partial charge on any atom is -0.348 e. The number of nitrogens with one attached hydrogen (secondary N) is 3. The molecule has 8 nitrogen and oxygen atoms in total. The van der Waals surface area contributed by atoms with Crippen molar-refractivity contribution < 1.29 is 4.79 Å². The van der Waals surface area contributed by atoms with Gasteiger partial charge in [-0.3, -0.25) is 19.1 Å². The van der Waals surface area contributed by atoms with Crippen molar-refractivity contribution in [1.29, 1.82) is 0 Å². The van der Waals surface area contributed by atoms with Gasteiger partial charge in [-0.2, -0.15) is 0 Å². The molecule has 1 saturated heterocycles. The highest BCUT2D eigenvalue weighted by molar-refractivity contribution is 6.05. The third kappa shape index (κ3) is 5.62. The van der Waals surface area contributed by atoms with Gasteiger partial charge in [-0.1, -0.05) is 27.7 Å². The number of aromatic amines is 1. The van der Waals surface area contributed by atoms with Crippen LogP contribution in [0.25, 0.3) is 11.0 Å². The SMILES string of the molecule is CC(C)Cn1c(=O)[nH]c(=O)c2c(C(=O)N[C@H]3CCCNC3)cc(C(C)C)nc21.Cl.Cl. The maximum atomic E-state index is 13.1. The van der Waals surface area contributed by atoms with Crippen LogP contribution in [0.5, 0.6) is 0 Å². The van der Waals surface area contributed by atoms with E-state index in [0.29, 0.717) is 18.8 Å². The van der Waals surface area contributed by atoms with Crippen molar-refractivity contribution in [2.45, 2.75) is 59.0 Å². The maximum Gasteiger partial charge on any atom is 0.330 e. The molecule has 1 aliphatic rings. The average molecular weight is 460 g/mol. The molecule has 1 fully saturated rings. The molecule has 0 aliphatic carbocycles. The molecule has 0 aromatic carbocycles. The van der Waals surface area contributed by atoms with Crippen LogP contribution in [-0.2, 0) is 6.54 Å². The predicted molar refractivity (Wildman–Crippen MR) is 123 cm³/mol. The first-order chi connectivity index (χ1) is 13.3. The maximum absolute atomic E-state index is 13.1. The lowest BCUT2D eigenvalue weighted by Crippen LogP contribution is -2.46. The number of piperidine rings is 1. The third-order valence-corrected chi connectivity index (χ3v) is 4.98. The summed E-state index contributed by atoms with van der Waals surface area (Å²) in [6.45, 7) is 9.98. The fourth-order valence-electron chi connectivity index (χ4n) is 3.54. The molecule has 2 aromatic heterocycles. The quantitative estimate of drug-likeness (QED) is 0.634. The minimum absolute atomic E-state index is 0. The van der Waals surface area contributed by atoms with Gasteiger partial charge in [0.2, 0.25) is 0 Å². The highest BCUT2D eigenvalue weighted by Crippen LogP contribution is 2.20. The number of H-pyrrole nitrogens is 1. The number of rotatable bonds is 5. The van der Waals surface area contributed by atoms with Gasteiger partial charge < -0.3 is 10.6 Å². The zero-order valence-corrected chi connectivity index (χ0v) is 19.4. The first kappa shape index (κ1) is 26.1. The highest BCUT2D eigenvalue weighted by atomic mass is 35.5. The Hall–Kier alpha value is -1.90. The van der Waals surface area contributed by atoms with E-state index in [4.69, 9.17) is 0 Å². The van der Waals surface area contributed by atoms with Gasteiger partial charge in [-0.05, 0) is 37.3 Å². The van der Waals surface area contributed by atoms with Gasteiger partial charge in [0.25, 0.3) is 11.5 Å². The van der Waals surface area contributed by atoms with Crippen LogP contribution in [0.4, 0.5) is 0 Å². The molecule has 30 heavy (non-hydrogen) atoms. The van der Waals surface area contributed by atoms with Crippen LogP contribution in [0.3, 0.4) is 0 Å². The van der Waals surface area contributed by atoms with Crippen LogP contribution in [0.2, 0.25) is 0 Å². The number of amides is 1. The van der Waals surface area contributed by atoms with Crippen molar-refractivity contribution >= 4 is 41.8 Å². The molecule has 1 atom stereocenters. The Balaban J connectivity index is 0.00000225. The van der Waals surface area contributed by atoms with Crippen LogP contribution in [0.15, 0.2) is 15.7 Å². The van der Waals surface area contributed by atoms with E-state index >= 15 is 0 Å². The minimum atomic E-state index is -0.574. The number of aromatic nitrogens is 3. The number of carbonyl (C=O) groups is 1. The summed E-state index contributed by atoms with van der Waals surface area (Å²) in [5, 5.41) is 6.47. The molecule has 0 saturated carbocycles. The largest absolute Gasteiger partial charge is 0.348 e. The molecule has 0 unspecified atom stereocenters. The Morgan fingerprint density at radius 1 is 1.27 bits per heavy atom. The van der Waals surface area contributed by atoms with E-state index in [2.05, 4.69) is 20.6 Å². The summed E-state index contributed by atoms with van der Waals surface area (Å²) in [5.41, 5.74) is 0.165. The fraction of sp³-hybridized carbons (Fsp3) is 0.600.